The van der Waals surface area contributed by atoms with E-state index in [-0.39, 0.29) is 10.8 Å². The lowest BCUT2D eigenvalue weighted by molar-refractivity contribution is 0.0952. The Balaban J connectivity index is 1.62. The van der Waals surface area contributed by atoms with Gasteiger partial charge in [-0.3, -0.25) is 9.52 Å². The Bertz CT molecular complexity index is 1050. The highest BCUT2D eigenvalue weighted by molar-refractivity contribution is 7.92. The molecule has 3 rings (SSSR count). The third-order valence-corrected chi connectivity index (χ3v) is 5.49. The zero-order chi connectivity index (χ0) is 20.0. The van der Waals surface area contributed by atoms with Crippen LogP contribution in [-0.4, -0.2) is 30.4 Å². The maximum Gasteiger partial charge on any atom is 0.261 e. The molecule has 0 aliphatic rings. The quantitative estimate of drug-likeness (QED) is 0.571. The van der Waals surface area contributed by atoms with Crippen LogP contribution in [0.1, 0.15) is 22.3 Å². The zero-order valence-corrected chi connectivity index (χ0v) is 16.3. The highest BCUT2D eigenvalue weighted by Gasteiger charge is 2.16. The lowest BCUT2D eigenvalue weighted by Crippen LogP contribution is -2.25. The van der Waals surface area contributed by atoms with E-state index in [1.54, 1.807) is 42.9 Å². The summed E-state index contributed by atoms with van der Waals surface area (Å²) in [6, 6.07) is 13.1. The van der Waals surface area contributed by atoms with Crippen molar-refractivity contribution in [3.8, 4) is 0 Å². The fourth-order valence-electron chi connectivity index (χ4n) is 2.71. The molecule has 0 saturated heterocycles. The number of amides is 1. The second-order valence-corrected chi connectivity index (χ2v) is 8.10. The molecule has 0 spiro atoms. The van der Waals surface area contributed by atoms with E-state index in [1.807, 2.05) is 23.8 Å². The number of aromatic nitrogens is 2. The molecule has 0 fully saturated rings. The van der Waals surface area contributed by atoms with Gasteiger partial charge in [-0.2, -0.15) is 0 Å². The first kappa shape index (κ1) is 19.6. The summed E-state index contributed by atoms with van der Waals surface area (Å²) in [4.78, 5) is 16.3. The molecular formula is C20H22N4O3S. The predicted molar refractivity (Wildman–Crippen MR) is 108 cm³/mol. The van der Waals surface area contributed by atoms with E-state index in [1.165, 1.54) is 12.1 Å². The van der Waals surface area contributed by atoms with Gasteiger partial charge in [-0.1, -0.05) is 18.2 Å². The molecule has 0 aliphatic heterocycles. The molecule has 0 bridgehead atoms. The van der Waals surface area contributed by atoms with Crippen LogP contribution in [0.15, 0.2) is 72.1 Å². The van der Waals surface area contributed by atoms with Crippen LogP contribution >= 0.6 is 0 Å². The first-order chi connectivity index (χ1) is 13.4. The van der Waals surface area contributed by atoms with Gasteiger partial charge in [-0.05, 0) is 49.2 Å². The fraction of sp³-hybridized carbons (Fsp3) is 0.200. The number of nitrogens with zero attached hydrogens (tertiary/aromatic N) is 2. The molecule has 0 atom stereocenters. The lowest BCUT2D eigenvalue weighted by Gasteiger charge is -2.10. The van der Waals surface area contributed by atoms with Crippen LogP contribution in [0, 0.1) is 6.92 Å². The number of carbonyl (C=O) groups excluding carboxylic acids is 1. The van der Waals surface area contributed by atoms with Crippen molar-refractivity contribution < 1.29 is 13.2 Å². The summed E-state index contributed by atoms with van der Waals surface area (Å²) in [6.45, 7) is 3.11. The normalized spacial score (nSPS) is 11.2. The van der Waals surface area contributed by atoms with E-state index in [2.05, 4.69) is 15.0 Å². The summed E-state index contributed by atoms with van der Waals surface area (Å²) >= 11 is 0. The molecule has 28 heavy (non-hydrogen) atoms. The van der Waals surface area contributed by atoms with E-state index in [4.69, 9.17) is 0 Å². The Morgan fingerprint density at radius 3 is 2.71 bits per heavy atom. The zero-order valence-electron chi connectivity index (χ0n) is 15.5. The number of sulfonamides is 1. The minimum absolute atomic E-state index is 0.0417. The molecule has 1 amide bonds. The second kappa shape index (κ2) is 8.71. The van der Waals surface area contributed by atoms with Crippen molar-refractivity contribution in [2.75, 3.05) is 11.3 Å². The molecule has 1 heterocycles. The third-order valence-electron chi connectivity index (χ3n) is 4.11. The Morgan fingerprint density at radius 2 is 1.96 bits per heavy atom. The Morgan fingerprint density at radius 1 is 1.14 bits per heavy atom. The largest absolute Gasteiger partial charge is 0.352 e. The van der Waals surface area contributed by atoms with Crippen LogP contribution in [0.5, 0.6) is 0 Å². The molecule has 0 saturated carbocycles. The number of rotatable bonds is 8. The number of hydrogen-bond acceptors (Lipinski definition) is 4. The second-order valence-electron chi connectivity index (χ2n) is 6.41. The van der Waals surface area contributed by atoms with Gasteiger partial charge in [0.2, 0.25) is 0 Å². The van der Waals surface area contributed by atoms with Gasteiger partial charge in [0, 0.05) is 36.7 Å². The van der Waals surface area contributed by atoms with Crippen LogP contribution < -0.4 is 10.0 Å². The molecule has 2 N–H and O–H groups in total. The molecule has 8 heteroatoms. The number of nitrogens with one attached hydrogen (secondary N) is 2. The Labute approximate surface area is 164 Å². The topological polar surface area (TPSA) is 93.1 Å². The first-order valence-electron chi connectivity index (χ1n) is 8.87. The molecule has 146 valence electrons. The van der Waals surface area contributed by atoms with Crippen LogP contribution in [-0.2, 0) is 16.6 Å². The van der Waals surface area contributed by atoms with Crippen molar-refractivity contribution in [2.24, 2.45) is 0 Å². The number of aryl methyl sites for hydroxylation is 2. The number of anilines is 1. The van der Waals surface area contributed by atoms with Crippen molar-refractivity contribution in [2.45, 2.75) is 24.8 Å². The summed E-state index contributed by atoms with van der Waals surface area (Å²) in [5, 5.41) is 2.81. The average Bonchev–Trinajstić information content (AvgIpc) is 3.18. The van der Waals surface area contributed by atoms with Crippen molar-refractivity contribution in [3.63, 3.8) is 0 Å². The van der Waals surface area contributed by atoms with Crippen molar-refractivity contribution >= 4 is 21.6 Å². The van der Waals surface area contributed by atoms with E-state index in [0.717, 1.165) is 18.5 Å². The lowest BCUT2D eigenvalue weighted by atomic mass is 10.2. The highest BCUT2D eigenvalue weighted by atomic mass is 32.2. The molecule has 0 aliphatic carbocycles. The smallest absolute Gasteiger partial charge is 0.261 e. The molecule has 0 unspecified atom stereocenters. The van der Waals surface area contributed by atoms with Crippen LogP contribution in [0.3, 0.4) is 0 Å². The molecule has 3 aromatic rings. The highest BCUT2D eigenvalue weighted by Crippen LogP contribution is 2.18. The maximum absolute atomic E-state index is 12.6. The predicted octanol–water partition coefficient (Wildman–Crippen LogP) is 2.81. The summed E-state index contributed by atoms with van der Waals surface area (Å²) in [7, 11) is -3.78. The van der Waals surface area contributed by atoms with E-state index in [9.17, 15) is 13.2 Å². The molecule has 7 nitrogen and oxygen atoms in total. The van der Waals surface area contributed by atoms with Gasteiger partial charge in [0.05, 0.1) is 11.2 Å². The van der Waals surface area contributed by atoms with Gasteiger partial charge in [-0.15, -0.1) is 0 Å². The number of carbonyl (C=O) groups is 1. The summed E-state index contributed by atoms with van der Waals surface area (Å²) < 4.78 is 29.7. The summed E-state index contributed by atoms with van der Waals surface area (Å²) in [5.41, 5.74) is 1.73. The summed E-state index contributed by atoms with van der Waals surface area (Å²) in [6.07, 6.45) is 6.03. The van der Waals surface area contributed by atoms with Gasteiger partial charge in [0.15, 0.2) is 0 Å². The molecular weight excluding hydrogens is 376 g/mol. The maximum atomic E-state index is 12.6. The number of benzene rings is 2. The van der Waals surface area contributed by atoms with Crippen LogP contribution in [0.25, 0.3) is 0 Å². The number of imidazole rings is 1. The van der Waals surface area contributed by atoms with Gasteiger partial charge < -0.3 is 9.88 Å². The number of hydrogen-bond donors (Lipinski definition) is 2. The van der Waals surface area contributed by atoms with Crippen molar-refractivity contribution in [1.82, 2.24) is 14.9 Å². The van der Waals surface area contributed by atoms with E-state index < -0.39 is 10.0 Å². The Kier molecular flexibility index (Phi) is 6.10. The van der Waals surface area contributed by atoms with Crippen LogP contribution in [0.2, 0.25) is 0 Å². The SMILES string of the molecule is Cc1cccc(NS(=O)(=O)c2cccc(C(=O)NCCCn3ccnc3)c2)c1. The minimum atomic E-state index is -3.78. The Hall–Kier alpha value is -3.13. The standard InChI is InChI=1S/C20H22N4O3S/c1-16-5-2-7-18(13-16)23-28(26,27)19-8-3-6-17(14-19)20(25)22-9-4-11-24-12-10-21-15-24/h2-3,5-8,10,12-15,23H,4,9,11H2,1H3,(H,22,25). The first-order valence-corrected chi connectivity index (χ1v) is 10.4. The molecule has 1 aromatic heterocycles. The van der Waals surface area contributed by atoms with Gasteiger partial charge in [0.25, 0.3) is 15.9 Å². The fourth-order valence-corrected chi connectivity index (χ4v) is 3.81. The molecule has 2 aromatic carbocycles. The van der Waals surface area contributed by atoms with Gasteiger partial charge >= 0.3 is 0 Å². The van der Waals surface area contributed by atoms with E-state index >= 15 is 0 Å². The van der Waals surface area contributed by atoms with Gasteiger partial charge in [0.1, 0.15) is 0 Å². The van der Waals surface area contributed by atoms with E-state index in [0.29, 0.717) is 17.8 Å². The van der Waals surface area contributed by atoms with Gasteiger partial charge in [-0.25, -0.2) is 13.4 Å². The summed E-state index contributed by atoms with van der Waals surface area (Å²) in [5.74, 6) is -0.307. The van der Waals surface area contributed by atoms with Crippen molar-refractivity contribution in [3.05, 3.63) is 78.4 Å². The molecule has 0 radical (unpaired) electrons. The average molecular weight is 398 g/mol. The van der Waals surface area contributed by atoms with Crippen molar-refractivity contribution in [1.29, 1.82) is 0 Å². The monoisotopic (exact) mass is 398 g/mol. The van der Waals surface area contributed by atoms with Crippen LogP contribution in [0.4, 0.5) is 5.69 Å². The minimum Gasteiger partial charge on any atom is -0.352 e. The third kappa shape index (κ3) is 5.20.